The molecule has 0 radical (unpaired) electrons. The van der Waals surface area contributed by atoms with Crippen molar-refractivity contribution in [3.05, 3.63) is 62.3 Å². The Morgan fingerprint density at radius 3 is 2.64 bits per heavy atom. The Balaban J connectivity index is 1.87. The molecule has 0 fully saturated rings. The van der Waals surface area contributed by atoms with Gasteiger partial charge in [0.2, 0.25) is 0 Å². The van der Waals surface area contributed by atoms with Crippen LogP contribution in [0.2, 0.25) is 0 Å². The number of benzene rings is 1. The summed E-state index contributed by atoms with van der Waals surface area (Å²) in [6.45, 7) is 6.34. The van der Waals surface area contributed by atoms with Crippen molar-refractivity contribution in [2.75, 3.05) is 13.1 Å². The molecular weight excluding hydrogens is 336 g/mol. The second-order valence-corrected chi connectivity index (χ2v) is 6.92. The summed E-state index contributed by atoms with van der Waals surface area (Å²) in [4.78, 5) is 16.2. The normalized spacial score (nSPS) is 12.6. The average Bonchev–Trinajstić information content (AvgIpc) is 3.10. The van der Waals surface area contributed by atoms with Gasteiger partial charge in [-0.25, -0.2) is 4.99 Å². The van der Waals surface area contributed by atoms with E-state index in [9.17, 15) is 10.1 Å². The van der Waals surface area contributed by atoms with Gasteiger partial charge in [-0.1, -0.05) is 25.1 Å². The first kappa shape index (κ1) is 18.9. The van der Waals surface area contributed by atoms with Gasteiger partial charge in [0.05, 0.1) is 11.5 Å². The lowest BCUT2D eigenvalue weighted by Gasteiger charge is -2.15. The van der Waals surface area contributed by atoms with Gasteiger partial charge in [-0.3, -0.25) is 10.1 Å². The Kier molecular flexibility index (Phi) is 7.40. The zero-order valence-corrected chi connectivity index (χ0v) is 15.4. The number of thiophene rings is 1. The topological polar surface area (TPSA) is 79.6 Å². The van der Waals surface area contributed by atoms with Crippen molar-refractivity contribution in [3.8, 4) is 0 Å². The highest BCUT2D eigenvalue weighted by molar-refractivity contribution is 7.09. The van der Waals surface area contributed by atoms with Gasteiger partial charge in [0, 0.05) is 30.1 Å². The summed E-state index contributed by atoms with van der Waals surface area (Å²) in [6, 6.07) is 10.7. The monoisotopic (exact) mass is 360 g/mol. The van der Waals surface area contributed by atoms with Crippen molar-refractivity contribution in [1.82, 2.24) is 10.6 Å². The molecule has 1 aromatic heterocycles. The van der Waals surface area contributed by atoms with E-state index < -0.39 is 4.92 Å². The standard InChI is InChI=1S/C18H24N4O2S/c1-3-19-18(20-12-14(2)11-17-5-4-10-25-17)21-13-15-6-8-16(9-7-15)22(23)24/h4-10,14H,3,11-13H2,1-2H3,(H2,19,20,21). The third-order valence-electron chi connectivity index (χ3n) is 3.66. The Hall–Kier alpha value is -2.41. The molecule has 2 N–H and O–H groups in total. The predicted octanol–water partition coefficient (Wildman–Crippen LogP) is 3.59. The van der Waals surface area contributed by atoms with Gasteiger partial charge >= 0.3 is 0 Å². The highest BCUT2D eigenvalue weighted by Gasteiger charge is 2.07. The molecule has 0 saturated heterocycles. The largest absolute Gasteiger partial charge is 0.357 e. The van der Waals surface area contributed by atoms with E-state index in [1.54, 1.807) is 23.5 Å². The highest BCUT2D eigenvalue weighted by atomic mass is 32.1. The third-order valence-corrected chi connectivity index (χ3v) is 4.56. The van der Waals surface area contributed by atoms with E-state index in [1.807, 2.05) is 6.92 Å². The van der Waals surface area contributed by atoms with Gasteiger partial charge < -0.3 is 10.6 Å². The summed E-state index contributed by atoms with van der Waals surface area (Å²) in [7, 11) is 0. The lowest BCUT2D eigenvalue weighted by Crippen LogP contribution is -2.39. The summed E-state index contributed by atoms with van der Waals surface area (Å²) in [6.07, 6.45) is 1.05. The van der Waals surface area contributed by atoms with Crippen LogP contribution in [-0.4, -0.2) is 24.0 Å². The minimum Gasteiger partial charge on any atom is -0.357 e. The molecule has 1 aromatic carbocycles. The maximum absolute atomic E-state index is 10.7. The van der Waals surface area contributed by atoms with Gasteiger partial charge in [-0.2, -0.15) is 0 Å². The Morgan fingerprint density at radius 2 is 2.04 bits per heavy atom. The number of hydrogen-bond donors (Lipinski definition) is 2. The molecule has 0 aliphatic carbocycles. The molecule has 0 saturated carbocycles. The molecule has 1 unspecified atom stereocenters. The molecule has 0 amide bonds. The molecule has 1 atom stereocenters. The molecule has 7 heteroatoms. The molecule has 0 bridgehead atoms. The molecule has 6 nitrogen and oxygen atoms in total. The Morgan fingerprint density at radius 1 is 1.28 bits per heavy atom. The van der Waals surface area contributed by atoms with Crippen LogP contribution in [0.4, 0.5) is 5.69 Å². The molecule has 25 heavy (non-hydrogen) atoms. The number of non-ortho nitro benzene ring substituents is 1. The van der Waals surface area contributed by atoms with Crippen LogP contribution in [-0.2, 0) is 13.0 Å². The van der Waals surface area contributed by atoms with Crippen molar-refractivity contribution in [2.45, 2.75) is 26.8 Å². The van der Waals surface area contributed by atoms with Crippen LogP contribution in [0.5, 0.6) is 0 Å². The summed E-state index contributed by atoms with van der Waals surface area (Å²) < 4.78 is 0. The number of rotatable bonds is 8. The molecular formula is C18H24N4O2S. The fraction of sp³-hybridized carbons (Fsp3) is 0.389. The van der Waals surface area contributed by atoms with Crippen LogP contribution in [0.15, 0.2) is 46.8 Å². The van der Waals surface area contributed by atoms with Crippen molar-refractivity contribution in [3.63, 3.8) is 0 Å². The van der Waals surface area contributed by atoms with Crippen molar-refractivity contribution in [2.24, 2.45) is 10.9 Å². The van der Waals surface area contributed by atoms with Crippen molar-refractivity contribution < 1.29 is 4.92 Å². The summed E-state index contributed by atoms with van der Waals surface area (Å²) in [5.74, 6) is 1.26. The second kappa shape index (κ2) is 9.78. The summed E-state index contributed by atoms with van der Waals surface area (Å²) >= 11 is 1.78. The first-order chi connectivity index (χ1) is 12.1. The molecule has 1 heterocycles. The van der Waals surface area contributed by atoms with Crippen molar-refractivity contribution in [1.29, 1.82) is 0 Å². The van der Waals surface area contributed by atoms with Crippen LogP contribution in [0, 0.1) is 16.0 Å². The smallest absolute Gasteiger partial charge is 0.269 e. The zero-order valence-electron chi connectivity index (χ0n) is 14.6. The number of nitrogens with one attached hydrogen (secondary N) is 2. The second-order valence-electron chi connectivity index (χ2n) is 5.89. The van der Waals surface area contributed by atoms with Crippen LogP contribution in [0.1, 0.15) is 24.3 Å². The molecule has 134 valence electrons. The average molecular weight is 360 g/mol. The van der Waals surface area contributed by atoms with E-state index in [0.717, 1.165) is 31.0 Å². The fourth-order valence-corrected chi connectivity index (χ4v) is 3.22. The van der Waals surface area contributed by atoms with E-state index in [1.165, 1.54) is 17.0 Å². The van der Waals surface area contributed by atoms with Crippen LogP contribution in [0.3, 0.4) is 0 Å². The minimum atomic E-state index is -0.395. The molecule has 2 aromatic rings. The third kappa shape index (κ3) is 6.54. The summed E-state index contributed by atoms with van der Waals surface area (Å²) in [5, 5.41) is 19.4. The molecule has 0 aliphatic heterocycles. The van der Waals surface area contributed by atoms with Gasteiger partial charge in [0.1, 0.15) is 0 Å². The van der Waals surface area contributed by atoms with Gasteiger partial charge in [0.15, 0.2) is 5.96 Å². The first-order valence-corrected chi connectivity index (χ1v) is 9.24. The van der Waals surface area contributed by atoms with E-state index in [4.69, 9.17) is 0 Å². The fourth-order valence-electron chi connectivity index (χ4n) is 2.35. The van der Waals surface area contributed by atoms with Crippen molar-refractivity contribution >= 4 is 23.0 Å². The van der Waals surface area contributed by atoms with Gasteiger partial charge in [-0.05, 0) is 36.3 Å². The van der Waals surface area contributed by atoms with E-state index in [0.29, 0.717) is 12.5 Å². The van der Waals surface area contributed by atoms with Crippen LogP contribution >= 0.6 is 11.3 Å². The first-order valence-electron chi connectivity index (χ1n) is 8.36. The lowest BCUT2D eigenvalue weighted by molar-refractivity contribution is -0.384. The van der Waals surface area contributed by atoms with Crippen LogP contribution < -0.4 is 10.6 Å². The van der Waals surface area contributed by atoms with Gasteiger partial charge in [0.25, 0.3) is 5.69 Å². The Labute approximate surface area is 152 Å². The number of nitrogens with zero attached hydrogens (tertiary/aromatic N) is 2. The highest BCUT2D eigenvalue weighted by Crippen LogP contribution is 2.14. The minimum absolute atomic E-state index is 0.0974. The van der Waals surface area contributed by atoms with Gasteiger partial charge in [-0.15, -0.1) is 11.3 Å². The SMILES string of the molecule is CCNC(=NCc1ccc([N+](=O)[O-])cc1)NCC(C)Cc1cccs1. The summed E-state index contributed by atoms with van der Waals surface area (Å²) in [5.41, 5.74) is 1.04. The zero-order chi connectivity index (χ0) is 18.1. The maximum Gasteiger partial charge on any atom is 0.269 e. The maximum atomic E-state index is 10.7. The van der Waals surface area contributed by atoms with E-state index in [2.05, 4.69) is 40.1 Å². The van der Waals surface area contributed by atoms with Crippen LogP contribution in [0.25, 0.3) is 0 Å². The predicted molar refractivity (Wildman–Crippen MR) is 103 cm³/mol. The number of hydrogen-bond acceptors (Lipinski definition) is 4. The number of aliphatic imine (C=N–C) groups is 1. The van der Waals surface area contributed by atoms with E-state index in [-0.39, 0.29) is 5.69 Å². The molecule has 0 aliphatic rings. The molecule has 0 spiro atoms. The van der Waals surface area contributed by atoms with E-state index >= 15 is 0 Å². The molecule has 2 rings (SSSR count). The lowest BCUT2D eigenvalue weighted by atomic mass is 10.1. The number of nitro benzene ring substituents is 1. The Bertz CT molecular complexity index is 684. The number of guanidine groups is 1. The number of nitro groups is 1. The quantitative estimate of drug-likeness (QED) is 0.326.